The summed E-state index contributed by atoms with van der Waals surface area (Å²) in [5.74, 6) is -3.88. The van der Waals surface area contributed by atoms with Crippen molar-refractivity contribution in [3.8, 4) is 0 Å². The Morgan fingerprint density at radius 1 is 1.03 bits per heavy atom. The SMILES string of the molecule is CCCCOOC(=O)C1=C(C)N=C(C)C(C(=O)OOCCCC)C1c1ccccc1[N+](=O)[O-]. The van der Waals surface area contributed by atoms with Crippen LogP contribution in [0.5, 0.6) is 0 Å². The van der Waals surface area contributed by atoms with Crippen LogP contribution >= 0.6 is 0 Å². The third-order valence-corrected chi connectivity index (χ3v) is 5.21. The van der Waals surface area contributed by atoms with Gasteiger partial charge in [-0.15, -0.1) is 0 Å². The lowest BCUT2D eigenvalue weighted by Gasteiger charge is -2.30. The number of unbranched alkanes of at least 4 members (excludes halogenated alkanes) is 2. The number of benzene rings is 1. The smallest absolute Gasteiger partial charge is 0.298 e. The van der Waals surface area contributed by atoms with Crippen LogP contribution in [0.15, 0.2) is 40.5 Å². The summed E-state index contributed by atoms with van der Waals surface area (Å²) in [5, 5.41) is 11.7. The molecule has 0 bridgehead atoms. The standard InChI is InChI=1S/C23H30N2O8/c1-5-7-13-30-32-22(26)19-15(3)24-16(4)20(23(27)33-31-14-8-6-2)21(19)17-11-9-10-12-18(17)25(28)29/h9-12,19,21H,5-8,13-14H2,1-4H3. The molecule has 0 spiro atoms. The molecular formula is C23H30N2O8. The van der Waals surface area contributed by atoms with Gasteiger partial charge < -0.3 is 0 Å². The average molecular weight is 462 g/mol. The molecule has 2 atom stereocenters. The molecule has 0 aliphatic carbocycles. The molecule has 1 aliphatic heterocycles. The second-order valence-electron chi connectivity index (χ2n) is 7.65. The largest absolute Gasteiger partial charge is 0.371 e. The van der Waals surface area contributed by atoms with Gasteiger partial charge in [0.15, 0.2) is 0 Å². The van der Waals surface area contributed by atoms with Crippen molar-refractivity contribution in [3.05, 3.63) is 51.2 Å². The van der Waals surface area contributed by atoms with Gasteiger partial charge in [0.05, 0.1) is 23.7 Å². The van der Waals surface area contributed by atoms with Crippen molar-refractivity contribution >= 4 is 23.3 Å². The number of aliphatic imine (C=N–C) groups is 1. The lowest BCUT2D eigenvalue weighted by Crippen LogP contribution is -2.37. The van der Waals surface area contributed by atoms with E-state index in [1.54, 1.807) is 19.9 Å². The third kappa shape index (κ3) is 6.69. The van der Waals surface area contributed by atoms with E-state index in [9.17, 15) is 19.7 Å². The second kappa shape index (κ2) is 12.8. The van der Waals surface area contributed by atoms with Crippen molar-refractivity contribution in [1.82, 2.24) is 0 Å². The Bertz CT molecular complexity index is 925. The number of nitro benzene ring substituents is 1. The van der Waals surface area contributed by atoms with E-state index >= 15 is 0 Å². The van der Waals surface area contributed by atoms with Gasteiger partial charge in [-0.1, -0.05) is 44.9 Å². The van der Waals surface area contributed by atoms with E-state index in [0.717, 1.165) is 12.8 Å². The highest BCUT2D eigenvalue weighted by Crippen LogP contribution is 2.43. The zero-order valence-electron chi connectivity index (χ0n) is 19.4. The lowest BCUT2D eigenvalue weighted by atomic mass is 9.75. The van der Waals surface area contributed by atoms with Gasteiger partial charge in [0.25, 0.3) is 5.69 Å². The average Bonchev–Trinajstić information content (AvgIpc) is 2.78. The van der Waals surface area contributed by atoms with E-state index < -0.39 is 28.7 Å². The normalized spacial score (nSPS) is 18.0. The molecule has 0 amide bonds. The van der Waals surface area contributed by atoms with Gasteiger partial charge >= 0.3 is 11.9 Å². The Hall–Kier alpha value is -3.11. The molecule has 1 aliphatic rings. The summed E-state index contributed by atoms with van der Waals surface area (Å²) in [4.78, 5) is 61.5. The molecule has 1 heterocycles. The zero-order valence-corrected chi connectivity index (χ0v) is 19.4. The van der Waals surface area contributed by atoms with E-state index in [2.05, 4.69) is 4.99 Å². The van der Waals surface area contributed by atoms with E-state index in [1.165, 1.54) is 18.2 Å². The van der Waals surface area contributed by atoms with Gasteiger partial charge in [0.2, 0.25) is 0 Å². The van der Waals surface area contributed by atoms with Gasteiger partial charge in [0.1, 0.15) is 5.92 Å². The van der Waals surface area contributed by atoms with Crippen LogP contribution in [0.2, 0.25) is 0 Å². The predicted molar refractivity (Wildman–Crippen MR) is 119 cm³/mol. The van der Waals surface area contributed by atoms with Gasteiger partial charge in [-0.05, 0) is 26.7 Å². The van der Waals surface area contributed by atoms with Crippen molar-refractivity contribution in [2.75, 3.05) is 13.2 Å². The van der Waals surface area contributed by atoms with Crippen LogP contribution in [-0.4, -0.2) is 35.8 Å². The number of allylic oxidation sites excluding steroid dienone is 1. The summed E-state index contributed by atoms with van der Waals surface area (Å²) in [7, 11) is 0. The number of carbonyl (C=O) groups excluding carboxylic acids is 2. The molecule has 2 rings (SSSR count). The minimum absolute atomic E-state index is 0.0121. The van der Waals surface area contributed by atoms with E-state index in [0.29, 0.717) is 18.6 Å². The summed E-state index contributed by atoms with van der Waals surface area (Å²) in [6.45, 7) is 7.50. The van der Waals surface area contributed by atoms with Crippen molar-refractivity contribution in [1.29, 1.82) is 0 Å². The Labute approximate surface area is 192 Å². The van der Waals surface area contributed by atoms with Crippen LogP contribution in [0, 0.1) is 16.0 Å². The Kier molecular flexibility index (Phi) is 10.1. The first-order chi connectivity index (χ1) is 15.8. The molecule has 0 fully saturated rings. The van der Waals surface area contributed by atoms with Crippen LogP contribution in [0.4, 0.5) is 5.69 Å². The van der Waals surface area contributed by atoms with Crippen molar-refractivity contribution in [3.63, 3.8) is 0 Å². The highest BCUT2D eigenvalue weighted by molar-refractivity contribution is 6.07. The fourth-order valence-electron chi connectivity index (χ4n) is 3.56. The monoisotopic (exact) mass is 462 g/mol. The lowest BCUT2D eigenvalue weighted by molar-refractivity contribution is -0.385. The molecule has 10 heteroatoms. The first-order valence-electron chi connectivity index (χ1n) is 11.0. The first kappa shape index (κ1) is 26.1. The van der Waals surface area contributed by atoms with E-state index in [-0.39, 0.29) is 35.7 Å². The molecule has 0 radical (unpaired) electrons. The number of nitro groups is 1. The number of para-hydroxylation sites is 1. The molecule has 10 nitrogen and oxygen atoms in total. The molecule has 0 saturated heterocycles. The summed E-state index contributed by atoms with van der Waals surface area (Å²) in [6.07, 6.45) is 3.05. The van der Waals surface area contributed by atoms with Crippen LogP contribution in [0.1, 0.15) is 64.9 Å². The van der Waals surface area contributed by atoms with Gasteiger partial charge in [-0.25, -0.2) is 9.59 Å². The highest BCUT2D eigenvalue weighted by Gasteiger charge is 2.45. The third-order valence-electron chi connectivity index (χ3n) is 5.21. The molecule has 0 N–H and O–H groups in total. The van der Waals surface area contributed by atoms with Crippen molar-refractivity contribution in [2.24, 2.45) is 10.9 Å². The Morgan fingerprint density at radius 3 is 2.24 bits per heavy atom. The van der Waals surface area contributed by atoms with Crippen LogP contribution < -0.4 is 0 Å². The van der Waals surface area contributed by atoms with Crippen LogP contribution in [0.25, 0.3) is 0 Å². The fourth-order valence-corrected chi connectivity index (χ4v) is 3.56. The Balaban J connectivity index is 2.49. The van der Waals surface area contributed by atoms with Crippen LogP contribution in [-0.2, 0) is 29.1 Å². The van der Waals surface area contributed by atoms with E-state index in [1.807, 2.05) is 13.8 Å². The maximum absolute atomic E-state index is 13.0. The van der Waals surface area contributed by atoms with Gasteiger partial charge in [0, 0.05) is 29.0 Å². The molecule has 1 aromatic carbocycles. The molecule has 180 valence electrons. The first-order valence-corrected chi connectivity index (χ1v) is 11.0. The minimum atomic E-state index is -1.13. The molecular weight excluding hydrogens is 432 g/mol. The zero-order chi connectivity index (χ0) is 24.4. The van der Waals surface area contributed by atoms with Gasteiger partial charge in [-0.3, -0.25) is 24.9 Å². The predicted octanol–water partition coefficient (Wildman–Crippen LogP) is 4.59. The summed E-state index contributed by atoms with van der Waals surface area (Å²) >= 11 is 0. The maximum atomic E-state index is 13.0. The number of hydrogen-bond donors (Lipinski definition) is 0. The number of carbonyl (C=O) groups is 2. The van der Waals surface area contributed by atoms with Crippen molar-refractivity contribution in [2.45, 2.75) is 59.3 Å². The molecule has 33 heavy (non-hydrogen) atoms. The van der Waals surface area contributed by atoms with Gasteiger partial charge in [-0.2, -0.15) is 9.78 Å². The fraction of sp³-hybridized carbons (Fsp3) is 0.522. The summed E-state index contributed by atoms with van der Waals surface area (Å²) < 4.78 is 0. The summed E-state index contributed by atoms with van der Waals surface area (Å²) in [5.41, 5.74) is 0.514. The molecule has 0 saturated carbocycles. The Morgan fingerprint density at radius 2 is 1.64 bits per heavy atom. The molecule has 1 aromatic rings. The maximum Gasteiger partial charge on any atom is 0.371 e. The highest BCUT2D eigenvalue weighted by atomic mass is 17.2. The number of hydrogen-bond acceptors (Lipinski definition) is 9. The van der Waals surface area contributed by atoms with Crippen LogP contribution in [0.3, 0.4) is 0 Å². The number of rotatable bonds is 12. The summed E-state index contributed by atoms with van der Waals surface area (Å²) in [6, 6.07) is 5.92. The molecule has 0 aromatic heterocycles. The molecule has 2 unspecified atom stereocenters. The topological polar surface area (TPSA) is 127 Å². The minimum Gasteiger partial charge on any atom is -0.298 e. The second-order valence-corrected chi connectivity index (χ2v) is 7.65. The quantitative estimate of drug-likeness (QED) is 0.191. The van der Waals surface area contributed by atoms with Crippen molar-refractivity contribution < 1.29 is 34.1 Å². The number of nitrogens with zero attached hydrogens (tertiary/aromatic N) is 2. The van der Waals surface area contributed by atoms with E-state index in [4.69, 9.17) is 19.6 Å².